The molecule has 0 spiro atoms. The predicted molar refractivity (Wildman–Crippen MR) is 139 cm³/mol. The molecule has 1 fully saturated rings. The van der Waals surface area contributed by atoms with Gasteiger partial charge in [-0.3, -0.25) is 4.98 Å². The van der Waals surface area contributed by atoms with E-state index >= 15 is 0 Å². The minimum atomic E-state index is -0.0498. The predicted octanol–water partition coefficient (Wildman–Crippen LogP) is 6.28. The van der Waals surface area contributed by atoms with Gasteiger partial charge in [0, 0.05) is 29.0 Å². The minimum absolute atomic E-state index is 0.0143. The lowest BCUT2D eigenvalue weighted by Crippen LogP contribution is -2.29. The van der Waals surface area contributed by atoms with E-state index in [4.69, 9.17) is 12.2 Å². The fourth-order valence-corrected chi connectivity index (χ4v) is 5.25. The standard InChI is InChI=1S/C28H28N4S/c1-18-11-13-22(14-12-18)31-20(3)17-24(21(31)4)27-26(25-10-5-6-15-29-25)30-28(33)32(27)23-9-7-8-19(2)16-23/h5-17,26-27H,1-4H3,(H,30,33)/t26-,27-/m1/s1. The van der Waals surface area contributed by atoms with E-state index in [0.717, 1.165) is 16.5 Å². The molecule has 33 heavy (non-hydrogen) atoms. The molecule has 4 aromatic rings. The summed E-state index contributed by atoms with van der Waals surface area (Å²) in [6.45, 7) is 8.61. The molecule has 0 radical (unpaired) electrons. The van der Waals surface area contributed by atoms with E-state index in [-0.39, 0.29) is 12.1 Å². The number of aryl methyl sites for hydroxylation is 3. The molecule has 2 aromatic carbocycles. The molecule has 2 aromatic heterocycles. The highest BCUT2D eigenvalue weighted by Gasteiger charge is 2.42. The first-order valence-electron chi connectivity index (χ1n) is 11.3. The van der Waals surface area contributed by atoms with Crippen molar-refractivity contribution in [1.29, 1.82) is 0 Å². The topological polar surface area (TPSA) is 33.1 Å². The fraction of sp³-hybridized carbons (Fsp3) is 0.214. The normalized spacial score (nSPS) is 17.9. The van der Waals surface area contributed by atoms with Gasteiger partial charge in [0.2, 0.25) is 0 Å². The lowest BCUT2D eigenvalue weighted by molar-refractivity contribution is 0.565. The summed E-state index contributed by atoms with van der Waals surface area (Å²) in [4.78, 5) is 6.94. The van der Waals surface area contributed by atoms with Crippen LogP contribution in [-0.4, -0.2) is 14.7 Å². The summed E-state index contributed by atoms with van der Waals surface area (Å²) < 4.78 is 2.33. The molecule has 0 unspecified atom stereocenters. The van der Waals surface area contributed by atoms with Crippen molar-refractivity contribution >= 4 is 23.0 Å². The first kappa shape index (κ1) is 21.4. The summed E-state index contributed by atoms with van der Waals surface area (Å²) >= 11 is 5.89. The monoisotopic (exact) mass is 452 g/mol. The number of aromatic nitrogens is 2. The van der Waals surface area contributed by atoms with Crippen LogP contribution in [0.15, 0.2) is 79.0 Å². The van der Waals surface area contributed by atoms with Gasteiger partial charge >= 0.3 is 0 Å². The maximum absolute atomic E-state index is 5.89. The fourth-order valence-electron chi connectivity index (χ4n) is 4.91. The third-order valence-electron chi connectivity index (χ3n) is 6.46. The summed E-state index contributed by atoms with van der Waals surface area (Å²) in [5, 5.41) is 4.30. The summed E-state index contributed by atoms with van der Waals surface area (Å²) in [7, 11) is 0. The van der Waals surface area contributed by atoms with Gasteiger partial charge in [-0.1, -0.05) is 35.9 Å². The number of anilines is 1. The molecule has 5 heteroatoms. The van der Waals surface area contributed by atoms with Crippen molar-refractivity contribution in [3.63, 3.8) is 0 Å². The Morgan fingerprint density at radius 1 is 0.818 bits per heavy atom. The van der Waals surface area contributed by atoms with Crippen LogP contribution in [0.25, 0.3) is 5.69 Å². The Morgan fingerprint density at radius 2 is 1.61 bits per heavy atom. The molecule has 4 nitrogen and oxygen atoms in total. The van der Waals surface area contributed by atoms with Crippen LogP contribution in [0.5, 0.6) is 0 Å². The zero-order chi connectivity index (χ0) is 23.1. The van der Waals surface area contributed by atoms with E-state index in [0.29, 0.717) is 0 Å². The van der Waals surface area contributed by atoms with Gasteiger partial charge in [-0.25, -0.2) is 0 Å². The number of hydrogen-bond donors (Lipinski definition) is 1. The van der Waals surface area contributed by atoms with E-state index in [2.05, 4.69) is 108 Å². The first-order chi connectivity index (χ1) is 15.9. The van der Waals surface area contributed by atoms with Crippen LogP contribution in [0.2, 0.25) is 0 Å². The number of benzene rings is 2. The zero-order valence-corrected chi connectivity index (χ0v) is 20.2. The van der Waals surface area contributed by atoms with Crippen LogP contribution in [0.1, 0.15) is 45.9 Å². The van der Waals surface area contributed by atoms with Crippen LogP contribution >= 0.6 is 12.2 Å². The molecule has 1 N–H and O–H groups in total. The summed E-state index contributed by atoms with van der Waals surface area (Å²) in [5.41, 5.74) is 9.38. The Labute approximate surface area is 200 Å². The number of hydrogen-bond acceptors (Lipinski definition) is 2. The van der Waals surface area contributed by atoms with Gasteiger partial charge in [0.05, 0.1) is 17.8 Å². The number of nitrogens with one attached hydrogen (secondary N) is 1. The van der Waals surface area contributed by atoms with Crippen molar-refractivity contribution in [3.05, 3.63) is 113 Å². The summed E-state index contributed by atoms with van der Waals surface area (Å²) in [5.74, 6) is 0. The maximum atomic E-state index is 5.89. The van der Waals surface area contributed by atoms with Crippen LogP contribution in [0.4, 0.5) is 5.69 Å². The van der Waals surface area contributed by atoms with Crippen LogP contribution in [0.3, 0.4) is 0 Å². The Hall–Kier alpha value is -3.44. The Kier molecular flexibility index (Phi) is 5.51. The van der Waals surface area contributed by atoms with Crippen molar-refractivity contribution < 1.29 is 0 Å². The minimum Gasteiger partial charge on any atom is -0.351 e. The average Bonchev–Trinajstić information content (AvgIpc) is 3.30. The second-order valence-corrected chi connectivity index (χ2v) is 9.22. The average molecular weight is 453 g/mol. The highest BCUT2D eigenvalue weighted by Crippen LogP contribution is 2.43. The molecule has 0 amide bonds. The molecule has 1 aliphatic rings. The lowest BCUT2D eigenvalue weighted by atomic mass is 9.96. The van der Waals surface area contributed by atoms with Gasteiger partial charge in [-0.2, -0.15) is 0 Å². The van der Waals surface area contributed by atoms with E-state index < -0.39 is 0 Å². The van der Waals surface area contributed by atoms with Gasteiger partial charge in [0.15, 0.2) is 5.11 Å². The van der Waals surface area contributed by atoms with Crippen LogP contribution in [-0.2, 0) is 0 Å². The molecule has 5 rings (SSSR count). The van der Waals surface area contributed by atoms with Crippen molar-refractivity contribution in [2.24, 2.45) is 0 Å². The molecular weight excluding hydrogens is 424 g/mol. The Morgan fingerprint density at radius 3 is 2.30 bits per heavy atom. The number of thiocarbonyl (C=S) groups is 1. The van der Waals surface area contributed by atoms with Gasteiger partial charge < -0.3 is 14.8 Å². The SMILES string of the molecule is Cc1ccc(-n2c(C)cc([C@@H]3[C@@H](c4ccccn4)NC(=S)N3c3cccc(C)c3)c2C)cc1. The van der Waals surface area contributed by atoms with Crippen LogP contribution < -0.4 is 10.2 Å². The van der Waals surface area contributed by atoms with Crippen molar-refractivity contribution in [1.82, 2.24) is 14.9 Å². The molecular formula is C28H28N4S. The third-order valence-corrected chi connectivity index (χ3v) is 6.77. The van der Waals surface area contributed by atoms with E-state index in [1.807, 2.05) is 18.3 Å². The molecule has 0 saturated carbocycles. The van der Waals surface area contributed by atoms with Crippen molar-refractivity contribution in [3.8, 4) is 5.69 Å². The first-order valence-corrected chi connectivity index (χ1v) is 11.7. The molecule has 2 atom stereocenters. The molecule has 166 valence electrons. The second-order valence-electron chi connectivity index (χ2n) is 8.83. The van der Waals surface area contributed by atoms with E-state index in [1.54, 1.807) is 0 Å². The largest absolute Gasteiger partial charge is 0.351 e. The highest BCUT2D eigenvalue weighted by atomic mass is 32.1. The van der Waals surface area contributed by atoms with Crippen molar-refractivity contribution in [2.75, 3.05) is 4.90 Å². The maximum Gasteiger partial charge on any atom is 0.174 e. The van der Waals surface area contributed by atoms with E-state index in [1.165, 1.54) is 33.8 Å². The van der Waals surface area contributed by atoms with Crippen molar-refractivity contribution in [2.45, 2.75) is 39.8 Å². The van der Waals surface area contributed by atoms with Gasteiger partial charge in [0.1, 0.15) is 0 Å². The molecule has 1 saturated heterocycles. The van der Waals surface area contributed by atoms with Gasteiger partial charge in [-0.15, -0.1) is 0 Å². The van der Waals surface area contributed by atoms with E-state index in [9.17, 15) is 0 Å². The number of nitrogens with zero attached hydrogens (tertiary/aromatic N) is 3. The van der Waals surface area contributed by atoms with Crippen LogP contribution in [0, 0.1) is 27.7 Å². The molecule has 0 aliphatic carbocycles. The summed E-state index contributed by atoms with van der Waals surface area (Å²) in [6, 6.07) is 25.5. The van der Waals surface area contributed by atoms with Gasteiger partial charge in [-0.05, 0) is 93.5 Å². The molecule has 0 bridgehead atoms. The molecule has 1 aliphatic heterocycles. The quantitative estimate of drug-likeness (QED) is 0.369. The van der Waals surface area contributed by atoms with Gasteiger partial charge in [0.25, 0.3) is 0 Å². The summed E-state index contributed by atoms with van der Waals surface area (Å²) in [6.07, 6.45) is 1.85. The lowest BCUT2D eigenvalue weighted by Gasteiger charge is -2.28. The zero-order valence-electron chi connectivity index (χ0n) is 19.4. The Bertz CT molecular complexity index is 1310. The number of rotatable bonds is 4. The Balaban J connectivity index is 1.68. The smallest absolute Gasteiger partial charge is 0.174 e. The third kappa shape index (κ3) is 3.83. The molecule has 3 heterocycles. The second kappa shape index (κ2) is 8.49. The highest BCUT2D eigenvalue weighted by molar-refractivity contribution is 7.80. The number of pyridine rings is 1.